The fourth-order valence-corrected chi connectivity index (χ4v) is 2.44. The number of esters is 1. The van der Waals surface area contributed by atoms with Gasteiger partial charge in [0.25, 0.3) is 0 Å². The Balaban J connectivity index is 5.70. The van der Waals surface area contributed by atoms with E-state index in [1.165, 1.54) is 20.8 Å². The van der Waals surface area contributed by atoms with Gasteiger partial charge in [0.1, 0.15) is 11.4 Å². The summed E-state index contributed by atoms with van der Waals surface area (Å²) in [6, 6.07) is 0. The predicted molar refractivity (Wildman–Crippen MR) is 84.0 cm³/mol. The average molecular weight is 390 g/mol. The second kappa shape index (κ2) is 8.48. The minimum atomic E-state index is -5.93. The molecule has 1 unspecified atom stereocenters. The third-order valence-electron chi connectivity index (χ3n) is 3.41. The zero-order valence-corrected chi connectivity index (χ0v) is 15.8. The van der Waals surface area contributed by atoms with Crippen molar-refractivity contribution < 1.29 is 40.1 Å². The molecule has 148 valence electrons. The first-order chi connectivity index (χ1) is 11.1. The average Bonchev–Trinajstić information content (AvgIpc) is 2.39. The summed E-state index contributed by atoms with van der Waals surface area (Å²) >= 11 is 0. The van der Waals surface area contributed by atoms with E-state index in [0.717, 1.165) is 13.3 Å². The summed E-state index contributed by atoms with van der Waals surface area (Å²) in [5.74, 6) is -1.91. The number of hydrogen-bond acceptors (Lipinski definition) is 6. The zero-order chi connectivity index (χ0) is 20.1. The lowest BCUT2D eigenvalue weighted by molar-refractivity contribution is -0.173. The van der Waals surface area contributed by atoms with Crippen molar-refractivity contribution >= 4 is 21.9 Å². The number of ether oxygens (including phenoxy) is 1. The highest BCUT2D eigenvalue weighted by Gasteiger charge is 2.52. The van der Waals surface area contributed by atoms with Crippen LogP contribution in [0.3, 0.4) is 0 Å². The summed E-state index contributed by atoms with van der Waals surface area (Å²) in [5.41, 5.74) is -8.76. The van der Waals surface area contributed by atoms with Gasteiger partial charge in [0.05, 0.1) is 6.61 Å². The lowest BCUT2D eigenvalue weighted by Crippen LogP contribution is -2.47. The van der Waals surface area contributed by atoms with Gasteiger partial charge < -0.3 is 4.74 Å². The third kappa shape index (κ3) is 6.93. The first-order valence-corrected chi connectivity index (χ1v) is 9.20. The quantitative estimate of drug-likeness (QED) is 0.197. The van der Waals surface area contributed by atoms with E-state index >= 15 is 0 Å². The van der Waals surface area contributed by atoms with Crippen LogP contribution < -0.4 is 0 Å². The van der Waals surface area contributed by atoms with E-state index in [1.807, 2.05) is 6.92 Å². The Kier molecular flexibility index (Phi) is 8.09. The van der Waals surface area contributed by atoms with Gasteiger partial charge in [-0.15, -0.1) is 0 Å². The maximum atomic E-state index is 12.5. The van der Waals surface area contributed by atoms with Crippen LogP contribution in [0.25, 0.3) is 0 Å². The van der Waals surface area contributed by atoms with E-state index in [4.69, 9.17) is 4.74 Å². The first-order valence-electron chi connectivity index (χ1n) is 7.79. The van der Waals surface area contributed by atoms with Crippen molar-refractivity contribution in [3.05, 3.63) is 0 Å². The highest BCUT2D eigenvalue weighted by atomic mass is 32.2. The highest BCUT2D eigenvalue weighted by Crippen LogP contribution is 2.34. The van der Waals surface area contributed by atoms with Gasteiger partial charge in [-0.25, -0.2) is 0 Å². The number of alkyl halides is 3. The van der Waals surface area contributed by atoms with Crippen molar-refractivity contribution in [2.45, 2.75) is 71.4 Å². The molecule has 0 saturated carbocycles. The number of halogens is 3. The standard InChI is InChI=1S/C15H25F3O6S/c1-6-7-8-9-14(11(2)19,12(20)24-13(3,4)5)10-23-25(21,22)15(16,17)18/h6-10H2,1-5H3. The monoisotopic (exact) mass is 390 g/mol. The molecule has 0 saturated heterocycles. The number of hydrogen-bond donors (Lipinski definition) is 0. The maximum Gasteiger partial charge on any atom is 0.523 e. The van der Waals surface area contributed by atoms with Gasteiger partial charge in [0, 0.05) is 0 Å². The molecule has 0 aromatic rings. The van der Waals surface area contributed by atoms with Crippen LogP contribution in [0.2, 0.25) is 0 Å². The van der Waals surface area contributed by atoms with Crippen LogP contribution in [-0.4, -0.2) is 37.9 Å². The van der Waals surface area contributed by atoms with Gasteiger partial charge in [0.2, 0.25) is 0 Å². The Bertz CT molecular complexity index is 577. The summed E-state index contributed by atoms with van der Waals surface area (Å²) in [4.78, 5) is 24.6. The molecule has 25 heavy (non-hydrogen) atoms. The van der Waals surface area contributed by atoms with Gasteiger partial charge >= 0.3 is 21.6 Å². The van der Waals surface area contributed by atoms with E-state index in [0.29, 0.717) is 12.8 Å². The Morgan fingerprint density at radius 2 is 1.56 bits per heavy atom. The normalized spacial score (nSPS) is 15.5. The largest absolute Gasteiger partial charge is 0.523 e. The molecule has 0 aliphatic rings. The third-order valence-corrected chi connectivity index (χ3v) is 4.41. The smallest absolute Gasteiger partial charge is 0.459 e. The number of carbonyl (C=O) groups is 2. The van der Waals surface area contributed by atoms with Crippen molar-refractivity contribution in [3.63, 3.8) is 0 Å². The van der Waals surface area contributed by atoms with Crippen LogP contribution in [0.5, 0.6) is 0 Å². The van der Waals surface area contributed by atoms with Crippen molar-refractivity contribution in [2.24, 2.45) is 5.41 Å². The SMILES string of the molecule is CCCCCC(COS(=O)(=O)C(F)(F)F)(C(C)=O)C(=O)OC(C)(C)C. The number of unbranched alkanes of at least 4 members (excludes halogenated alkanes) is 2. The van der Waals surface area contributed by atoms with E-state index in [-0.39, 0.29) is 6.42 Å². The Labute approximate surface area is 146 Å². The van der Waals surface area contributed by atoms with Gasteiger partial charge in [-0.05, 0) is 34.1 Å². The van der Waals surface area contributed by atoms with Gasteiger partial charge in [0.15, 0.2) is 5.41 Å². The van der Waals surface area contributed by atoms with Crippen LogP contribution >= 0.6 is 0 Å². The van der Waals surface area contributed by atoms with Crippen LogP contribution in [0.1, 0.15) is 60.3 Å². The molecule has 6 nitrogen and oxygen atoms in total. The number of Topliss-reactive ketones (excluding diaryl/α,β-unsaturated/α-hetero) is 1. The molecule has 0 bridgehead atoms. The molecule has 0 fully saturated rings. The number of carbonyl (C=O) groups excluding carboxylic acids is 2. The van der Waals surface area contributed by atoms with Gasteiger partial charge in [-0.1, -0.05) is 26.2 Å². The minimum absolute atomic E-state index is 0.168. The first kappa shape index (κ1) is 23.8. The molecule has 0 aliphatic carbocycles. The summed E-state index contributed by atoms with van der Waals surface area (Å²) in [5, 5.41) is 0. The highest BCUT2D eigenvalue weighted by molar-refractivity contribution is 7.87. The lowest BCUT2D eigenvalue weighted by Gasteiger charge is -2.32. The summed E-state index contributed by atoms with van der Waals surface area (Å²) in [6.45, 7) is 6.18. The minimum Gasteiger partial charge on any atom is -0.459 e. The molecule has 0 aromatic carbocycles. The fourth-order valence-electron chi connectivity index (χ4n) is 1.95. The molecule has 0 spiro atoms. The molecule has 0 rings (SSSR count). The van der Waals surface area contributed by atoms with Crippen LogP contribution in [0.4, 0.5) is 13.2 Å². The summed E-state index contributed by atoms with van der Waals surface area (Å²) in [6.07, 6.45) is 1.48. The van der Waals surface area contributed by atoms with E-state index in [1.54, 1.807) is 0 Å². The van der Waals surface area contributed by atoms with Crippen LogP contribution in [-0.2, 0) is 28.6 Å². The predicted octanol–water partition coefficient (Wildman–Crippen LogP) is 3.35. The van der Waals surface area contributed by atoms with E-state index in [9.17, 15) is 31.2 Å². The molecule has 0 aliphatic heterocycles. The molecule has 10 heteroatoms. The molecular formula is C15H25F3O6S. The van der Waals surface area contributed by atoms with E-state index in [2.05, 4.69) is 4.18 Å². The molecular weight excluding hydrogens is 365 g/mol. The zero-order valence-electron chi connectivity index (χ0n) is 15.0. The lowest BCUT2D eigenvalue weighted by atomic mass is 9.79. The van der Waals surface area contributed by atoms with Crippen molar-refractivity contribution in [2.75, 3.05) is 6.61 Å². The van der Waals surface area contributed by atoms with Crippen molar-refractivity contribution in [1.82, 2.24) is 0 Å². The van der Waals surface area contributed by atoms with Gasteiger partial charge in [-0.2, -0.15) is 21.6 Å². The molecule has 0 amide bonds. The van der Waals surface area contributed by atoms with Crippen molar-refractivity contribution in [3.8, 4) is 0 Å². The fraction of sp³-hybridized carbons (Fsp3) is 0.867. The Morgan fingerprint density at radius 3 is 1.92 bits per heavy atom. The number of rotatable bonds is 9. The summed E-state index contributed by atoms with van der Waals surface area (Å²) in [7, 11) is -5.93. The molecule has 0 radical (unpaired) electrons. The number of ketones is 1. The second-order valence-electron chi connectivity index (χ2n) is 6.76. The van der Waals surface area contributed by atoms with Crippen LogP contribution in [0, 0.1) is 5.41 Å². The maximum absolute atomic E-state index is 12.5. The summed E-state index contributed by atoms with van der Waals surface area (Å²) < 4.78 is 68.9. The molecule has 1 atom stereocenters. The molecule has 0 aromatic heterocycles. The van der Waals surface area contributed by atoms with Crippen LogP contribution in [0.15, 0.2) is 0 Å². The molecule has 0 heterocycles. The molecule has 0 N–H and O–H groups in total. The van der Waals surface area contributed by atoms with Gasteiger partial charge in [-0.3, -0.25) is 13.8 Å². The second-order valence-corrected chi connectivity index (χ2v) is 8.37. The Morgan fingerprint density at radius 1 is 1.04 bits per heavy atom. The Hall–Kier alpha value is -1.16. The van der Waals surface area contributed by atoms with E-state index < -0.39 is 45.0 Å². The van der Waals surface area contributed by atoms with Crippen molar-refractivity contribution in [1.29, 1.82) is 0 Å². The topological polar surface area (TPSA) is 86.7 Å².